The lowest BCUT2D eigenvalue weighted by Gasteiger charge is -2.24. The van der Waals surface area contributed by atoms with Crippen LogP contribution in [-0.4, -0.2) is 41.5 Å². The van der Waals surface area contributed by atoms with E-state index in [0.29, 0.717) is 18.8 Å². The van der Waals surface area contributed by atoms with Gasteiger partial charge in [-0.05, 0) is 12.1 Å². The molecular formula is C13H17N3O2. The number of pyridine rings is 1. The van der Waals surface area contributed by atoms with Crippen LogP contribution < -0.4 is 10.6 Å². The van der Waals surface area contributed by atoms with Gasteiger partial charge >= 0.3 is 0 Å². The maximum atomic E-state index is 9.09. The molecule has 5 heteroatoms. The molecular weight excluding hydrogens is 230 g/mol. The van der Waals surface area contributed by atoms with Crippen molar-refractivity contribution in [3.63, 3.8) is 0 Å². The number of nitrogens with zero attached hydrogens (tertiary/aromatic N) is 2. The number of aliphatic hydroxyl groups excluding tert-OH is 2. The summed E-state index contributed by atoms with van der Waals surface area (Å²) in [5.41, 5.74) is 8.19. The van der Waals surface area contributed by atoms with Crippen molar-refractivity contribution in [1.29, 1.82) is 0 Å². The maximum Gasteiger partial charge on any atom is 0.0951 e. The summed E-state index contributed by atoms with van der Waals surface area (Å²) in [5, 5.41) is 19.1. The average molecular weight is 247 g/mol. The van der Waals surface area contributed by atoms with E-state index in [0.717, 1.165) is 16.6 Å². The predicted molar refractivity (Wildman–Crippen MR) is 72.5 cm³/mol. The molecule has 18 heavy (non-hydrogen) atoms. The first kappa shape index (κ1) is 12.6. The summed E-state index contributed by atoms with van der Waals surface area (Å²) in [6.45, 7) is 1.00. The number of rotatable bonds is 5. The van der Waals surface area contributed by atoms with Gasteiger partial charge in [-0.15, -0.1) is 0 Å². The van der Waals surface area contributed by atoms with Crippen LogP contribution in [0.15, 0.2) is 30.5 Å². The Hall–Kier alpha value is -1.85. The molecule has 0 bridgehead atoms. The summed E-state index contributed by atoms with van der Waals surface area (Å²) in [7, 11) is 0. The number of fused-ring (bicyclic) bond motifs is 1. The minimum atomic E-state index is 0.0339. The Morgan fingerprint density at radius 2 is 1.83 bits per heavy atom. The molecule has 0 spiro atoms. The molecule has 0 saturated carbocycles. The van der Waals surface area contributed by atoms with E-state index in [1.807, 2.05) is 29.2 Å². The quantitative estimate of drug-likeness (QED) is 0.674. The molecule has 96 valence electrons. The zero-order valence-corrected chi connectivity index (χ0v) is 10.1. The molecule has 2 aromatic rings. The van der Waals surface area contributed by atoms with E-state index in [2.05, 4.69) is 4.98 Å². The predicted octanol–water partition coefficient (Wildman–Crippen LogP) is 0.608. The van der Waals surface area contributed by atoms with Crippen molar-refractivity contribution < 1.29 is 10.2 Å². The molecule has 1 heterocycles. The lowest BCUT2D eigenvalue weighted by atomic mass is 10.1. The highest BCUT2D eigenvalue weighted by molar-refractivity contribution is 5.97. The number of hydrogen-bond acceptors (Lipinski definition) is 5. The summed E-state index contributed by atoms with van der Waals surface area (Å²) >= 11 is 0. The third-order valence-corrected chi connectivity index (χ3v) is 2.86. The monoisotopic (exact) mass is 247 g/mol. The molecule has 2 rings (SSSR count). The van der Waals surface area contributed by atoms with Gasteiger partial charge in [0.15, 0.2) is 0 Å². The molecule has 0 atom stereocenters. The fraction of sp³-hybridized carbons (Fsp3) is 0.308. The van der Waals surface area contributed by atoms with Crippen LogP contribution in [0.4, 0.5) is 11.4 Å². The second-order valence-electron chi connectivity index (χ2n) is 4.01. The number of anilines is 2. The number of nitrogen functional groups attached to an aromatic ring is 1. The van der Waals surface area contributed by atoms with Crippen molar-refractivity contribution >= 4 is 22.3 Å². The van der Waals surface area contributed by atoms with Crippen molar-refractivity contribution in [3.05, 3.63) is 30.5 Å². The molecule has 4 N–H and O–H groups in total. The fourth-order valence-corrected chi connectivity index (χ4v) is 2.05. The Morgan fingerprint density at radius 1 is 1.11 bits per heavy atom. The Kier molecular flexibility index (Phi) is 3.96. The molecule has 0 fully saturated rings. The molecule has 1 aromatic heterocycles. The van der Waals surface area contributed by atoms with Crippen LogP contribution in [0.25, 0.3) is 10.9 Å². The van der Waals surface area contributed by atoms with E-state index in [9.17, 15) is 0 Å². The van der Waals surface area contributed by atoms with Gasteiger partial charge in [0.2, 0.25) is 0 Å². The topological polar surface area (TPSA) is 82.6 Å². The average Bonchev–Trinajstić information content (AvgIpc) is 2.38. The molecule has 0 saturated heterocycles. The van der Waals surface area contributed by atoms with Gasteiger partial charge in [-0.3, -0.25) is 4.98 Å². The Morgan fingerprint density at radius 3 is 2.50 bits per heavy atom. The van der Waals surface area contributed by atoms with Crippen LogP contribution in [0.2, 0.25) is 0 Å². The third-order valence-electron chi connectivity index (χ3n) is 2.86. The Labute approximate surface area is 105 Å². The number of nitrogens with two attached hydrogens (primary N) is 1. The standard InChI is InChI=1S/C13H17N3O2/c14-11-3-1-2-10-12(4-5-15-13(10)11)16(6-8-17)7-9-18/h1-5,17-18H,6-9,14H2. The summed E-state index contributed by atoms with van der Waals surface area (Å²) in [4.78, 5) is 6.19. The molecule has 0 aliphatic heterocycles. The van der Waals surface area contributed by atoms with Crippen molar-refractivity contribution in [3.8, 4) is 0 Å². The fourth-order valence-electron chi connectivity index (χ4n) is 2.05. The zero-order valence-electron chi connectivity index (χ0n) is 10.1. The highest BCUT2D eigenvalue weighted by Crippen LogP contribution is 2.28. The summed E-state index contributed by atoms with van der Waals surface area (Å²) in [6.07, 6.45) is 1.69. The molecule has 0 aliphatic rings. The summed E-state index contributed by atoms with van der Waals surface area (Å²) in [6, 6.07) is 7.49. The molecule has 1 aromatic carbocycles. The van der Waals surface area contributed by atoms with E-state index < -0.39 is 0 Å². The summed E-state index contributed by atoms with van der Waals surface area (Å²) < 4.78 is 0. The normalized spacial score (nSPS) is 10.8. The SMILES string of the molecule is Nc1cccc2c(N(CCO)CCO)ccnc12. The summed E-state index contributed by atoms with van der Waals surface area (Å²) in [5.74, 6) is 0. The highest BCUT2D eigenvalue weighted by atomic mass is 16.3. The second kappa shape index (κ2) is 5.66. The first-order valence-electron chi connectivity index (χ1n) is 5.88. The number of benzene rings is 1. The van der Waals surface area contributed by atoms with Crippen molar-refractivity contribution in [1.82, 2.24) is 4.98 Å². The first-order valence-corrected chi connectivity index (χ1v) is 5.88. The van der Waals surface area contributed by atoms with Gasteiger partial charge in [0.05, 0.1) is 24.4 Å². The smallest absolute Gasteiger partial charge is 0.0951 e. The van der Waals surface area contributed by atoms with Crippen LogP contribution in [0, 0.1) is 0 Å². The maximum absolute atomic E-state index is 9.09. The molecule has 5 nitrogen and oxygen atoms in total. The van der Waals surface area contributed by atoms with E-state index in [4.69, 9.17) is 15.9 Å². The van der Waals surface area contributed by atoms with Crippen LogP contribution >= 0.6 is 0 Å². The van der Waals surface area contributed by atoms with Gasteiger partial charge in [0, 0.05) is 30.4 Å². The van der Waals surface area contributed by atoms with Crippen LogP contribution in [-0.2, 0) is 0 Å². The van der Waals surface area contributed by atoms with Gasteiger partial charge < -0.3 is 20.8 Å². The van der Waals surface area contributed by atoms with Crippen molar-refractivity contribution in [2.75, 3.05) is 36.9 Å². The molecule has 0 amide bonds. The number of para-hydroxylation sites is 1. The number of hydrogen-bond donors (Lipinski definition) is 3. The number of aromatic nitrogens is 1. The zero-order chi connectivity index (χ0) is 13.0. The second-order valence-corrected chi connectivity index (χ2v) is 4.01. The van der Waals surface area contributed by atoms with Gasteiger partial charge in [-0.1, -0.05) is 12.1 Å². The van der Waals surface area contributed by atoms with Crippen LogP contribution in [0.3, 0.4) is 0 Å². The van der Waals surface area contributed by atoms with Crippen molar-refractivity contribution in [2.24, 2.45) is 0 Å². The minimum absolute atomic E-state index is 0.0339. The highest BCUT2D eigenvalue weighted by Gasteiger charge is 2.10. The van der Waals surface area contributed by atoms with Gasteiger partial charge in [-0.25, -0.2) is 0 Å². The van der Waals surface area contributed by atoms with E-state index in [-0.39, 0.29) is 13.2 Å². The van der Waals surface area contributed by atoms with E-state index in [1.165, 1.54) is 0 Å². The van der Waals surface area contributed by atoms with Crippen molar-refractivity contribution in [2.45, 2.75) is 0 Å². The first-order chi connectivity index (χ1) is 8.77. The van der Waals surface area contributed by atoms with Gasteiger partial charge in [0.1, 0.15) is 0 Å². The Balaban J connectivity index is 2.51. The van der Waals surface area contributed by atoms with Crippen LogP contribution in [0.5, 0.6) is 0 Å². The van der Waals surface area contributed by atoms with E-state index in [1.54, 1.807) is 6.20 Å². The minimum Gasteiger partial charge on any atom is -0.397 e. The van der Waals surface area contributed by atoms with E-state index >= 15 is 0 Å². The third kappa shape index (κ3) is 2.37. The van der Waals surface area contributed by atoms with Crippen LogP contribution in [0.1, 0.15) is 0 Å². The molecule has 0 unspecified atom stereocenters. The number of aliphatic hydroxyl groups is 2. The Bertz CT molecular complexity index is 525. The molecule has 0 aliphatic carbocycles. The lowest BCUT2D eigenvalue weighted by molar-refractivity contribution is 0.281. The molecule has 0 radical (unpaired) electrons. The largest absolute Gasteiger partial charge is 0.397 e. The van der Waals surface area contributed by atoms with Gasteiger partial charge in [0.25, 0.3) is 0 Å². The lowest BCUT2D eigenvalue weighted by Crippen LogP contribution is -2.29. The van der Waals surface area contributed by atoms with Gasteiger partial charge in [-0.2, -0.15) is 0 Å².